The summed E-state index contributed by atoms with van der Waals surface area (Å²) >= 11 is 0. The summed E-state index contributed by atoms with van der Waals surface area (Å²) < 4.78 is 0. The zero-order valence-corrected chi connectivity index (χ0v) is 11.0. The maximum Gasteiger partial charge on any atom is 0.313 e. The van der Waals surface area contributed by atoms with Crippen molar-refractivity contribution < 1.29 is 9.90 Å². The summed E-state index contributed by atoms with van der Waals surface area (Å²) in [5.74, 6) is -0.648. The van der Waals surface area contributed by atoms with Crippen LogP contribution in [0, 0.1) is 5.41 Å². The van der Waals surface area contributed by atoms with E-state index in [4.69, 9.17) is 0 Å². The topological polar surface area (TPSA) is 37.3 Å². The highest BCUT2D eigenvalue weighted by atomic mass is 16.4. The number of benzene rings is 1. The van der Waals surface area contributed by atoms with Crippen molar-refractivity contribution in [1.29, 1.82) is 0 Å². The Hall–Kier alpha value is -1.57. The standard InChI is InChI=1S/C16H20O2/c1-3-4-9-14-13-8-6-5-7-12(13)10-11-16(14,2)15(17)18/h5-8,10-11,14H,3-4,9H2,1-2H3,(H,17,18)/t14-,16+/m1/s1. The summed E-state index contributed by atoms with van der Waals surface area (Å²) in [6, 6.07) is 8.13. The summed E-state index contributed by atoms with van der Waals surface area (Å²) in [4.78, 5) is 11.6. The van der Waals surface area contributed by atoms with Gasteiger partial charge in [0.2, 0.25) is 0 Å². The van der Waals surface area contributed by atoms with Gasteiger partial charge in [-0.3, -0.25) is 4.79 Å². The van der Waals surface area contributed by atoms with Gasteiger partial charge in [-0.25, -0.2) is 0 Å². The van der Waals surface area contributed by atoms with Crippen LogP contribution in [0.15, 0.2) is 30.3 Å². The minimum atomic E-state index is -0.774. The second-order valence-electron chi connectivity index (χ2n) is 5.24. The molecular weight excluding hydrogens is 224 g/mol. The zero-order chi connectivity index (χ0) is 13.2. The van der Waals surface area contributed by atoms with Crippen molar-refractivity contribution in [3.05, 3.63) is 41.5 Å². The van der Waals surface area contributed by atoms with E-state index in [2.05, 4.69) is 19.1 Å². The third-order valence-corrected chi connectivity index (χ3v) is 4.01. The van der Waals surface area contributed by atoms with Crippen LogP contribution in [0.2, 0.25) is 0 Å². The SMILES string of the molecule is CCCC[C@@H]1c2ccccc2C=C[C@]1(C)C(=O)O. The molecule has 1 N–H and O–H groups in total. The quantitative estimate of drug-likeness (QED) is 0.866. The van der Waals surface area contributed by atoms with Gasteiger partial charge < -0.3 is 5.11 Å². The third kappa shape index (κ3) is 2.07. The van der Waals surface area contributed by atoms with Crippen molar-refractivity contribution in [3.8, 4) is 0 Å². The Morgan fingerprint density at radius 1 is 1.39 bits per heavy atom. The predicted molar refractivity (Wildman–Crippen MR) is 73.5 cm³/mol. The van der Waals surface area contributed by atoms with Crippen LogP contribution in [0.4, 0.5) is 0 Å². The molecule has 0 bridgehead atoms. The summed E-state index contributed by atoms with van der Waals surface area (Å²) in [6.07, 6.45) is 6.90. The number of hydrogen-bond donors (Lipinski definition) is 1. The summed E-state index contributed by atoms with van der Waals surface area (Å²) in [6.45, 7) is 3.98. The highest BCUT2D eigenvalue weighted by molar-refractivity contribution is 5.82. The fraction of sp³-hybridized carbons (Fsp3) is 0.438. The molecule has 2 atom stereocenters. The van der Waals surface area contributed by atoms with E-state index in [0.717, 1.165) is 24.8 Å². The maximum atomic E-state index is 11.6. The van der Waals surface area contributed by atoms with Crippen LogP contribution in [0.5, 0.6) is 0 Å². The number of fused-ring (bicyclic) bond motifs is 1. The average Bonchev–Trinajstić information content (AvgIpc) is 2.37. The van der Waals surface area contributed by atoms with Crippen molar-refractivity contribution in [2.45, 2.75) is 39.0 Å². The van der Waals surface area contributed by atoms with Gasteiger partial charge in [-0.1, -0.05) is 56.2 Å². The Kier molecular flexibility index (Phi) is 3.55. The summed E-state index contributed by atoms with van der Waals surface area (Å²) in [5.41, 5.74) is 1.57. The van der Waals surface area contributed by atoms with Gasteiger partial charge in [0.25, 0.3) is 0 Å². The first-order valence-corrected chi connectivity index (χ1v) is 6.61. The molecular formula is C16H20O2. The minimum absolute atomic E-state index is 0.0798. The molecule has 0 aromatic heterocycles. The van der Waals surface area contributed by atoms with Crippen LogP contribution in [0.1, 0.15) is 50.2 Å². The van der Waals surface area contributed by atoms with Gasteiger partial charge in [0.15, 0.2) is 0 Å². The van der Waals surface area contributed by atoms with Gasteiger partial charge >= 0.3 is 5.97 Å². The van der Waals surface area contributed by atoms with E-state index in [-0.39, 0.29) is 5.92 Å². The number of carboxylic acids is 1. The van der Waals surface area contributed by atoms with E-state index in [1.165, 1.54) is 5.56 Å². The van der Waals surface area contributed by atoms with E-state index in [9.17, 15) is 9.90 Å². The number of carboxylic acid groups (broad SMARTS) is 1. The molecule has 0 heterocycles. The molecule has 96 valence electrons. The van der Waals surface area contributed by atoms with Crippen LogP contribution in [-0.4, -0.2) is 11.1 Å². The lowest BCUT2D eigenvalue weighted by Crippen LogP contribution is -2.34. The largest absolute Gasteiger partial charge is 0.481 e. The molecule has 0 saturated heterocycles. The lowest BCUT2D eigenvalue weighted by molar-refractivity contribution is -0.146. The van der Waals surface area contributed by atoms with Gasteiger partial charge in [-0.15, -0.1) is 0 Å². The average molecular weight is 244 g/mol. The summed E-state index contributed by atoms with van der Waals surface area (Å²) in [7, 11) is 0. The minimum Gasteiger partial charge on any atom is -0.481 e. The Balaban J connectivity index is 2.44. The number of hydrogen-bond acceptors (Lipinski definition) is 1. The van der Waals surface area contributed by atoms with Gasteiger partial charge in [-0.05, 0) is 24.5 Å². The molecule has 0 fully saturated rings. The van der Waals surface area contributed by atoms with Crippen LogP contribution < -0.4 is 0 Å². The number of unbranched alkanes of at least 4 members (excludes halogenated alkanes) is 1. The Bertz CT molecular complexity index is 476. The van der Waals surface area contributed by atoms with Crippen LogP contribution >= 0.6 is 0 Å². The third-order valence-electron chi connectivity index (χ3n) is 4.01. The lowest BCUT2D eigenvalue weighted by atomic mass is 9.67. The van der Waals surface area contributed by atoms with Crippen molar-refractivity contribution in [1.82, 2.24) is 0 Å². The first kappa shape index (κ1) is 12.9. The first-order chi connectivity index (χ1) is 8.59. The molecule has 2 rings (SSSR count). The summed E-state index contributed by atoms with van der Waals surface area (Å²) in [5, 5.41) is 9.54. The van der Waals surface area contributed by atoms with Gasteiger partial charge in [-0.2, -0.15) is 0 Å². The molecule has 0 unspecified atom stereocenters. The second-order valence-corrected chi connectivity index (χ2v) is 5.24. The molecule has 0 spiro atoms. The van der Waals surface area contributed by atoms with E-state index >= 15 is 0 Å². The Labute approximate surface area is 108 Å². The first-order valence-electron chi connectivity index (χ1n) is 6.61. The van der Waals surface area contributed by atoms with Crippen molar-refractivity contribution in [2.75, 3.05) is 0 Å². The smallest absolute Gasteiger partial charge is 0.313 e. The predicted octanol–water partition coefficient (Wildman–Crippen LogP) is 4.08. The molecule has 1 aliphatic rings. The molecule has 0 radical (unpaired) electrons. The molecule has 1 aromatic rings. The van der Waals surface area contributed by atoms with Gasteiger partial charge in [0.1, 0.15) is 0 Å². The fourth-order valence-electron chi connectivity index (χ4n) is 2.77. The van der Waals surface area contributed by atoms with E-state index < -0.39 is 11.4 Å². The zero-order valence-electron chi connectivity index (χ0n) is 11.0. The van der Waals surface area contributed by atoms with Crippen LogP contribution in [0.3, 0.4) is 0 Å². The van der Waals surface area contributed by atoms with E-state index in [1.54, 1.807) is 0 Å². The normalized spacial score (nSPS) is 25.8. The number of carbonyl (C=O) groups is 1. The molecule has 2 nitrogen and oxygen atoms in total. The highest BCUT2D eigenvalue weighted by Gasteiger charge is 2.42. The highest BCUT2D eigenvalue weighted by Crippen LogP contribution is 2.46. The number of rotatable bonds is 4. The van der Waals surface area contributed by atoms with Gasteiger partial charge in [0, 0.05) is 5.92 Å². The monoisotopic (exact) mass is 244 g/mol. The van der Waals surface area contributed by atoms with Gasteiger partial charge in [0.05, 0.1) is 5.41 Å². The van der Waals surface area contributed by atoms with Crippen LogP contribution in [-0.2, 0) is 4.79 Å². The number of aliphatic carboxylic acids is 1. The van der Waals surface area contributed by atoms with Crippen LogP contribution in [0.25, 0.3) is 6.08 Å². The lowest BCUT2D eigenvalue weighted by Gasteiger charge is -2.35. The molecule has 0 amide bonds. The molecule has 18 heavy (non-hydrogen) atoms. The fourth-order valence-corrected chi connectivity index (χ4v) is 2.77. The van der Waals surface area contributed by atoms with E-state index in [0.29, 0.717) is 0 Å². The molecule has 0 saturated carbocycles. The maximum absolute atomic E-state index is 11.6. The molecule has 2 heteroatoms. The Morgan fingerprint density at radius 2 is 2.11 bits per heavy atom. The van der Waals surface area contributed by atoms with E-state index in [1.807, 2.05) is 31.2 Å². The molecule has 1 aliphatic carbocycles. The second kappa shape index (κ2) is 4.97. The van der Waals surface area contributed by atoms with Crippen molar-refractivity contribution >= 4 is 12.0 Å². The van der Waals surface area contributed by atoms with Crippen molar-refractivity contribution in [2.24, 2.45) is 5.41 Å². The van der Waals surface area contributed by atoms with Crippen molar-refractivity contribution in [3.63, 3.8) is 0 Å². The molecule has 1 aromatic carbocycles. The molecule has 0 aliphatic heterocycles. The Morgan fingerprint density at radius 3 is 2.78 bits per heavy atom.